The van der Waals surface area contributed by atoms with E-state index >= 15 is 0 Å². The number of nitrogens with zero attached hydrogens (tertiary/aromatic N) is 2. The molecule has 4 aromatic rings. The second-order valence-electron chi connectivity index (χ2n) is 8.25. The number of ether oxygens (including phenoxy) is 3. The Morgan fingerprint density at radius 2 is 1.92 bits per heavy atom. The van der Waals surface area contributed by atoms with E-state index in [-0.39, 0.29) is 35.6 Å². The first-order chi connectivity index (χ1) is 17.7. The summed E-state index contributed by atoms with van der Waals surface area (Å²) in [4.78, 5) is 30.8. The summed E-state index contributed by atoms with van der Waals surface area (Å²) in [5.74, 6) is -2.96. The summed E-state index contributed by atoms with van der Waals surface area (Å²) in [6.45, 7) is 0.826. The number of pyridine rings is 1. The molecule has 11 heteroatoms. The summed E-state index contributed by atoms with van der Waals surface area (Å²) in [5, 5.41) is -0.0836. The van der Waals surface area contributed by atoms with Gasteiger partial charge in [0.1, 0.15) is 23.8 Å². The first-order valence-corrected chi connectivity index (χ1v) is 11.0. The average Bonchev–Trinajstić information content (AvgIpc) is 2.90. The SMILES string of the molecule is COC(=O)c1ccc(Oc2c(C(F)(F)F)oc3c4c(ccc3c2=O)OCN(Cc2cccnc2)C4)cc1. The number of aromatic nitrogens is 1. The maximum Gasteiger partial charge on any atom is 0.453 e. The first kappa shape index (κ1) is 24.3. The molecule has 0 atom stereocenters. The minimum atomic E-state index is -5.03. The fourth-order valence-electron chi connectivity index (χ4n) is 4.02. The predicted octanol–water partition coefficient (Wildman–Crippen LogP) is 5.14. The van der Waals surface area contributed by atoms with Crippen molar-refractivity contribution in [3.05, 3.63) is 93.6 Å². The standard InChI is InChI=1S/C26H19F3N2O6/c1-34-25(33)16-4-6-17(7-5-16)36-23-21(32)18-8-9-20-19(22(18)37-24(23)26(27,28)29)13-31(14-35-20)12-15-3-2-10-30-11-15/h2-11H,12-14H2,1H3. The molecule has 2 aromatic heterocycles. The van der Waals surface area contributed by atoms with Gasteiger partial charge in [0, 0.05) is 25.5 Å². The lowest BCUT2D eigenvalue weighted by Crippen LogP contribution is -2.32. The summed E-state index contributed by atoms with van der Waals surface area (Å²) in [7, 11) is 1.20. The zero-order valence-corrected chi connectivity index (χ0v) is 19.4. The largest absolute Gasteiger partial charge is 0.478 e. The third kappa shape index (κ3) is 4.85. The average molecular weight is 512 g/mol. The smallest absolute Gasteiger partial charge is 0.453 e. The Balaban J connectivity index is 1.55. The molecule has 37 heavy (non-hydrogen) atoms. The lowest BCUT2D eigenvalue weighted by Gasteiger charge is -2.29. The van der Waals surface area contributed by atoms with E-state index < -0.39 is 29.1 Å². The van der Waals surface area contributed by atoms with Crippen LogP contribution in [0.1, 0.15) is 27.2 Å². The summed E-state index contributed by atoms with van der Waals surface area (Å²) in [6, 6.07) is 11.7. The van der Waals surface area contributed by atoms with E-state index in [0.29, 0.717) is 17.9 Å². The lowest BCUT2D eigenvalue weighted by atomic mass is 10.1. The molecule has 0 fully saturated rings. The van der Waals surface area contributed by atoms with Crippen LogP contribution in [0, 0.1) is 0 Å². The number of methoxy groups -OCH3 is 1. The van der Waals surface area contributed by atoms with Gasteiger partial charge < -0.3 is 18.6 Å². The van der Waals surface area contributed by atoms with Crippen molar-refractivity contribution in [1.82, 2.24) is 9.88 Å². The molecular weight excluding hydrogens is 493 g/mol. The number of carbonyl (C=O) groups excluding carboxylic acids is 1. The summed E-state index contributed by atoms with van der Waals surface area (Å²) in [6.07, 6.45) is -1.70. The van der Waals surface area contributed by atoms with Crippen LogP contribution in [0.15, 0.2) is 70.1 Å². The molecule has 0 saturated heterocycles. The van der Waals surface area contributed by atoms with Gasteiger partial charge in [-0.15, -0.1) is 0 Å². The summed E-state index contributed by atoms with van der Waals surface area (Å²) >= 11 is 0. The van der Waals surface area contributed by atoms with Gasteiger partial charge in [-0.05, 0) is 48.0 Å². The first-order valence-electron chi connectivity index (χ1n) is 11.0. The number of hydrogen-bond donors (Lipinski definition) is 0. The Kier molecular flexibility index (Phi) is 6.30. The number of esters is 1. The zero-order chi connectivity index (χ0) is 26.2. The molecule has 0 unspecified atom stereocenters. The van der Waals surface area contributed by atoms with Gasteiger partial charge >= 0.3 is 12.1 Å². The van der Waals surface area contributed by atoms with Crippen molar-refractivity contribution in [3.8, 4) is 17.2 Å². The highest BCUT2D eigenvalue weighted by atomic mass is 19.4. The van der Waals surface area contributed by atoms with E-state index in [9.17, 15) is 22.8 Å². The molecule has 0 N–H and O–H groups in total. The predicted molar refractivity (Wildman–Crippen MR) is 124 cm³/mol. The van der Waals surface area contributed by atoms with Crippen molar-refractivity contribution >= 4 is 16.9 Å². The van der Waals surface area contributed by atoms with Crippen molar-refractivity contribution < 1.29 is 36.6 Å². The third-order valence-electron chi connectivity index (χ3n) is 5.74. The normalized spacial score (nSPS) is 13.6. The van der Waals surface area contributed by atoms with Gasteiger partial charge in [-0.1, -0.05) is 6.07 Å². The molecule has 0 radical (unpaired) electrons. The topological polar surface area (TPSA) is 91.1 Å². The second-order valence-corrected chi connectivity index (χ2v) is 8.25. The maximum atomic E-state index is 14.0. The van der Waals surface area contributed by atoms with Crippen molar-refractivity contribution in [2.75, 3.05) is 13.8 Å². The van der Waals surface area contributed by atoms with Crippen molar-refractivity contribution in [2.45, 2.75) is 19.3 Å². The Morgan fingerprint density at radius 1 is 1.14 bits per heavy atom. The number of carbonyl (C=O) groups is 1. The van der Waals surface area contributed by atoms with Crippen LogP contribution in [0.5, 0.6) is 17.2 Å². The van der Waals surface area contributed by atoms with Gasteiger partial charge in [0.25, 0.3) is 5.76 Å². The maximum absolute atomic E-state index is 14.0. The van der Waals surface area contributed by atoms with Crippen LogP contribution < -0.4 is 14.9 Å². The van der Waals surface area contributed by atoms with Crippen LogP contribution in [-0.4, -0.2) is 29.7 Å². The lowest BCUT2D eigenvalue weighted by molar-refractivity contribution is -0.154. The monoisotopic (exact) mass is 512 g/mol. The van der Waals surface area contributed by atoms with Crippen molar-refractivity contribution in [1.29, 1.82) is 0 Å². The van der Waals surface area contributed by atoms with Gasteiger partial charge in [0.15, 0.2) is 0 Å². The van der Waals surface area contributed by atoms with E-state index in [1.54, 1.807) is 18.5 Å². The number of alkyl halides is 3. The van der Waals surface area contributed by atoms with Gasteiger partial charge in [-0.2, -0.15) is 13.2 Å². The summed E-state index contributed by atoms with van der Waals surface area (Å²) in [5.41, 5.74) is 0.168. The number of rotatable bonds is 5. The highest BCUT2D eigenvalue weighted by Crippen LogP contribution is 2.41. The molecule has 0 amide bonds. The van der Waals surface area contributed by atoms with Gasteiger partial charge in [0.2, 0.25) is 11.2 Å². The highest BCUT2D eigenvalue weighted by Gasteiger charge is 2.41. The van der Waals surface area contributed by atoms with E-state index in [1.807, 2.05) is 11.0 Å². The molecule has 8 nitrogen and oxygen atoms in total. The van der Waals surface area contributed by atoms with Gasteiger partial charge in [0.05, 0.1) is 23.6 Å². The van der Waals surface area contributed by atoms with E-state index in [1.165, 1.54) is 43.5 Å². The molecule has 0 spiro atoms. The molecule has 0 saturated carbocycles. The Hall–Kier alpha value is -4.38. The quantitative estimate of drug-likeness (QED) is 0.340. The Bertz CT molecular complexity index is 1520. The van der Waals surface area contributed by atoms with Crippen LogP contribution in [-0.2, 0) is 24.0 Å². The summed E-state index contributed by atoms with van der Waals surface area (Å²) < 4.78 is 63.2. The molecule has 1 aliphatic heterocycles. The number of benzene rings is 2. The minimum Gasteiger partial charge on any atom is -0.478 e. The van der Waals surface area contributed by atoms with Crippen LogP contribution >= 0.6 is 0 Å². The molecule has 3 heterocycles. The second kappa shape index (κ2) is 9.58. The van der Waals surface area contributed by atoms with Crippen LogP contribution in [0.3, 0.4) is 0 Å². The van der Waals surface area contributed by atoms with Crippen molar-refractivity contribution in [2.24, 2.45) is 0 Å². The van der Waals surface area contributed by atoms with Crippen LogP contribution in [0.4, 0.5) is 13.2 Å². The zero-order valence-electron chi connectivity index (χ0n) is 19.4. The fraction of sp³-hybridized carbons (Fsp3) is 0.192. The molecule has 0 aliphatic carbocycles. The Morgan fingerprint density at radius 3 is 2.59 bits per heavy atom. The molecule has 1 aliphatic rings. The fourth-order valence-corrected chi connectivity index (χ4v) is 4.02. The van der Waals surface area contributed by atoms with E-state index in [4.69, 9.17) is 13.9 Å². The molecular formula is C26H19F3N2O6. The van der Waals surface area contributed by atoms with Crippen LogP contribution in [0.2, 0.25) is 0 Å². The molecule has 5 rings (SSSR count). The molecule has 0 bridgehead atoms. The van der Waals surface area contributed by atoms with E-state index in [0.717, 1.165) is 5.56 Å². The minimum absolute atomic E-state index is 0.0836. The number of hydrogen-bond acceptors (Lipinski definition) is 8. The third-order valence-corrected chi connectivity index (χ3v) is 5.74. The van der Waals surface area contributed by atoms with E-state index in [2.05, 4.69) is 9.72 Å². The highest BCUT2D eigenvalue weighted by molar-refractivity contribution is 5.89. The van der Waals surface area contributed by atoms with Gasteiger partial charge in [-0.25, -0.2) is 4.79 Å². The number of fused-ring (bicyclic) bond motifs is 3. The Labute approximate surface area is 207 Å². The molecule has 2 aromatic carbocycles. The molecule has 190 valence electrons. The van der Waals surface area contributed by atoms with Crippen molar-refractivity contribution in [3.63, 3.8) is 0 Å². The van der Waals surface area contributed by atoms with Gasteiger partial charge in [-0.3, -0.25) is 14.7 Å². The number of halogens is 3. The van der Waals surface area contributed by atoms with Crippen LogP contribution in [0.25, 0.3) is 11.0 Å².